The number of aliphatic imine (C=N–C) groups is 1. The van der Waals surface area contributed by atoms with Gasteiger partial charge in [0, 0.05) is 12.1 Å². The van der Waals surface area contributed by atoms with E-state index in [-0.39, 0.29) is 11.7 Å². The molecule has 1 fully saturated rings. The van der Waals surface area contributed by atoms with Crippen molar-refractivity contribution in [3.8, 4) is 5.75 Å². The van der Waals surface area contributed by atoms with Gasteiger partial charge in [0.15, 0.2) is 0 Å². The Kier molecular flexibility index (Phi) is 3.04. The summed E-state index contributed by atoms with van der Waals surface area (Å²) in [7, 11) is 1.63. The number of Topliss-reactive ketones (excluding diaryl/α,β-unsaturated/α-hetero) is 1. The lowest BCUT2D eigenvalue weighted by molar-refractivity contribution is -0.119. The molecule has 0 bridgehead atoms. The van der Waals surface area contributed by atoms with Crippen molar-refractivity contribution < 1.29 is 9.53 Å². The van der Waals surface area contributed by atoms with Crippen molar-refractivity contribution >= 4 is 17.2 Å². The van der Waals surface area contributed by atoms with E-state index in [0.29, 0.717) is 6.42 Å². The highest BCUT2D eigenvalue weighted by molar-refractivity contribution is 6.11. The second-order valence-electron chi connectivity index (χ2n) is 3.96. The van der Waals surface area contributed by atoms with E-state index in [1.807, 2.05) is 31.2 Å². The monoisotopic (exact) mass is 217 g/mol. The van der Waals surface area contributed by atoms with Crippen molar-refractivity contribution in [2.45, 2.75) is 19.8 Å². The zero-order valence-corrected chi connectivity index (χ0v) is 9.56. The molecule has 0 heterocycles. The molecule has 16 heavy (non-hydrogen) atoms. The van der Waals surface area contributed by atoms with Crippen LogP contribution >= 0.6 is 0 Å². The van der Waals surface area contributed by atoms with Gasteiger partial charge in [-0.05, 0) is 18.6 Å². The van der Waals surface area contributed by atoms with Gasteiger partial charge < -0.3 is 4.74 Å². The van der Waals surface area contributed by atoms with Crippen LogP contribution in [-0.2, 0) is 4.79 Å². The van der Waals surface area contributed by atoms with Crippen LogP contribution in [-0.4, -0.2) is 18.6 Å². The Bertz CT molecular complexity index is 437. The molecule has 1 atom stereocenters. The lowest BCUT2D eigenvalue weighted by Crippen LogP contribution is -2.09. The van der Waals surface area contributed by atoms with Gasteiger partial charge in [0.2, 0.25) is 0 Å². The summed E-state index contributed by atoms with van der Waals surface area (Å²) in [6.07, 6.45) is 1.40. The highest BCUT2D eigenvalue weighted by Gasteiger charge is 2.26. The molecule has 1 unspecified atom stereocenters. The molecular weight excluding hydrogens is 202 g/mol. The first-order valence-corrected chi connectivity index (χ1v) is 5.45. The fraction of sp³-hybridized carbons (Fsp3) is 0.385. The number of ether oxygens (including phenoxy) is 1. The second kappa shape index (κ2) is 4.47. The highest BCUT2D eigenvalue weighted by Crippen LogP contribution is 2.29. The SMILES string of the molecule is COc1ccccc1N=C1CCC(=O)C1C. The summed E-state index contributed by atoms with van der Waals surface area (Å²) >= 11 is 0. The minimum Gasteiger partial charge on any atom is -0.494 e. The molecule has 0 saturated heterocycles. The van der Waals surface area contributed by atoms with Crippen molar-refractivity contribution in [1.82, 2.24) is 0 Å². The van der Waals surface area contributed by atoms with E-state index in [1.165, 1.54) is 0 Å². The molecule has 0 amide bonds. The number of carbonyl (C=O) groups is 1. The fourth-order valence-electron chi connectivity index (χ4n) is 1.90. The number of rotatable bonds is 2. The number of hydrogen-bond acceptors (Lipinski definition) is 3. The minimum absolute atomic E-state index is 0.0371. The number of nitrogens with zero attached hydrogens (tertiary/aromatic N) is 1. The van der Waals surface area contributed by atoms with Crippen LogP contribution < -0.4 is 4.74 Å². The summed E-state index contributed by atoms with van der Waals surface area (Å²) in [6, 6.07) is 7.61. The van der Waals surface area contributed by atoms with Gasteiger partial charge >= 0.3 is 0 Å². The third kappa shape index (κ3) is 1.98. The smallest absolute Gasteiger partial charge is 0.144 e. The van der Waals surface area contributed by atoms with Crippen LogP contribution in [0.15, 0.2) is 29.3 Å². The maximum atomic E-state index is 11.4. The van der Waals surface area contributed by atoms with Crippen LogP contribution in [0.1, 0.15) is 19.8 Å². The molecule has 1 aliphatic rings. The van der Waals surface area contributed by atoms with E-state index in [9.17, 15) is 4.79 Å². The largest absolute Gasteiger partial charge is 0.494 e. The zero-order valence-electron chi connectivity index (χ0n) is 9.56. The summed E-state index contributed by atoms with van der Waals surface area (Å²) in [4.78, 5) is 15.9. The molecule has 1 saturated carbocycles. The Balaban J connectivity index is 2.32. The Morgan fingerprint density at radius 2 is 2.06 bits per heavy atom. The number of benzene rings is 1. The molecule has 0 spiro atoms. The molecule has 3 nitrogen and oxygen atoms in total. The Morgan fingerprint density at radius 1 is 1.31 bits per heavy atom. The summed E-state index contributed by atoms with van der Waals surface area (Å²) < 4.78 is 5.23. The van der Waals surface area contributed by atoms with Crippen molar-refractivity contribution in [2.75, 3.05) is 7.11 Å². The highest BCUT2D eigenvalue weighted by atomic mass is 16.5. The van der Waals surface area contributed by atoms with Crippen LogP contribution in [0.5, 0.6) is 5.75 Å². The van der Waals surface area contributed by atoms with E-state index < -0.39 is 0 Å². The first-order valence-electron chi connectivity index (χ1n) is 5.45. The standard InChI is InChI=1S/C13H15NO2/c1-9-10(7-8-12(9)15)14-11-5-3-4-6-13(11)16-2/h3-6,9H,7-8H2,1-2H3. The van der Waals surface area contributed by atoms with Crippen LogP contribution in [0.3, 0.4) is 0 Å². The predicted octanol–water partition coefficient (Wildman–Crippen LogP) is 2.77. The van der Waals surface area contributed by atoms with Gasteiger partial charge in [-0.3, -0.25) is 9.79 Å². The summed E-state index contributed by atoms with van der Waals surface area (Å²) in [6.45, 7) is 1.92. The molecule has 1 aromatic carbocycles. The predicted molar refractivity (Wildman–Crippen MR) is 63.5 cm³/mol. The van der Waals surface area contributed by atoms with Crippen LogP contribution in [0.25, 0.3) is 0 Å². The molecule has 0 aliphatic heterocycles. The normalized spacial score (nSPS) is 22.8. The van der Waals surface area contributed by atoms with Gasteiger partial charge in [0.1, 0.15) is 17.2 Å². The Labute approximate surface area is 95.2 Å². The van der Waals surface area contributed by atoms with Gasteiger partial charge in [-0.15, -0.1) is 0 Å². The zero-order chi connectivity index (χ0) is 11.5. The minimum atomic E-state index is -0.0371. The van der Waals surface area contributed by atoms with Gasteiger partial charge in [-0.1, -0.05) is 19.1 Å². The van der Waals surface area contributed by atoms with Crippen LogP contribution in [0.2, 0.25) is 0 Å². The quantitative estimate of drug-likeness (QED) is 0.764. The topological polar surface area (TPSA) is 38.7 Å². The number of hydrogen-bond donors (Lipinski definition) is 0. The maximum absolute atomic E-state index is 11.4. The maximum Gasteiger partial charge on any atom is 0.144 e. The van der Waals surface area contributed by atoms with Crippen molar-refractivity contribution in [3.63, 3.8) is 0 Å². The van der Waals surface area contributed by atoms with Crippen molar-refractivity contribution in [3.05, 3.63) is 24.3 Å². The number of para-hydroxylation sites is 2. The second-order valence-corrected chi connectivity index (χ2v) is 3.96. The van der Waals surface area contributed by atoms with Crippen LogP contribution in [0.4, 0.5) is 5.69 Å². The van der Waals surface area contributed by atoms with E-state index in [0.717, 1.165) is 23.6 Å². The number of ketones is 1. The lowest BCUT2D eigenvalue weighted by atomic mass is 10.1. The van der Waals surface area contributed by atoms with Crippen molar-refractivity contribution in [2.24, 2.45) is 10.9 Å². The third-order valence-electron chi connectivity index (χ3n) is 2.96. The Morgan fingerprint density at radius 3 is 2.69 bits per heavy atom. The number of methoxy groups -OCH3 is 1. The Hall–Kier alpha value is -1.64. The molecular formula is C13H15NO2. The summed E-state index contributed by atoms with van der Waals surface area (Å²) in [5.74, 6) is 1.00. The summed E-state index contributed by atoms with van der Waals surface area (Å²) in [5, 5.41) is 0. The molecule has 0 radical (unpaired) electrons. The molecule has 1 aliphatic carbocycles. The van der Waals surface area contributed by atoms with Gasteiger partial charge in [-0.2, -0.15) is 0 Å². The first kappa shape index (κ1) is 10.9. The molecule has 84 valence electrons. The van der Waals surface area contributed by atoms with Crippen molar-refractivity contribution in [1.29, 1.82) is 0 Å². The van der Waals surface area contributed by atoms with Crippen LogP contribution in [0, 0.1) is 5.92 Å². The average Bonchev–Trinajstić information content (AvgIpc) is 2.62. The lowest BCUT2D eigenvalue weighted by Gasteiger charge is -2.06. The molecule has 1 aromatic rings. The van der Waals surface area contributed by atoms with E-state index in [2.05, 4.69) is 4.99 Å². The number of carbonyl (C=O) groups excluding carboxylic acids is 1. The molecule has 0 aromatic heterocycles. The summed E-state index contributed by atoms with van der Waals surface area (Å²) in [5.41, 5.74) is 1.77. The molecule has 2 rings (SSSR count). The van der Waals surface area contributed by atoms with E-state index in [1.54, 1.807) is 7.11 Å². The third-order valence-corrected chi connectivity index (χ3v) is 2.96. The first-order chi connectivity index (χ1) is 7.72. The average molecular weight is 217 g/mol. The van der Waals surface area contributed by atoms with E-state index >= 15 is 0 Å². The van der Waals surface area contributed by atoms with Gasteiger partial charge in [0.05, 0.1) is 13.0 Å². The van der Waals surface area contributed by atoms with E-state index in [4.69, 9.17) is 4.74 Å². The molecule has 0 N–H and O–H groups in total. The van der Waals surface area contributed by atoms with Gasteiger partial charge in [0.25, 0.3) is 0 Å². The molecule has 3 heteroatoms. The fourth-order valence-corrected chi connectivity index (χ4v) is 1.90. The van der Waals surface area contributed by atoms with Gasteiger partial charge in [-0.25, -0.2) is 0 Å².